The largest absolute Gasteiger partial charge is 0.444 e. The maximum Gasteiger partial charge on any atom is 0.411 e. The number of amides is 6. The average molecular weight is 1020 g/mol. The molecule has 1 unspecified atom stereocenters. The Morgan fingerprint density at radius 2 is 1.46 bits per heavy atom. The third kappa shape index (κ3) is 12.6. The first-order valence-electron chi connectivity index (χ1n) is 26.6. The molecule has 4 aromatic rings. The van der Waals surface area contributed by atoms with Gasteiger partial charge >= 0.3 is 6.09 Å². The molecule has 1 aromatic heterocycles. The zero-order chi connectivity index (χ0) is 52.1. The van der Waals surface area contributed by atoms with Crippen molar-refractivity contribution in [1.29, 1.82) is 0 Å². The summed E-state index contributed by atoms with van der Waals surface area (Å²) in [5, 5.41) is 11.1. The number of nitrogens with zero attached hydrogens (tertiary/aromatic N) is 7. The zero-order valence-corrected chi connectivity index (χ0v) is 43.0. The summed E-state index contributed by atoms with van der Waals surface area (Å²) in [7, 11) is 0. The molecule has 2 aliphatic carbocycles. The van der Waals surface area contributed by atoms with Gasteiger partial charge in [0.25, 0.3) is 17.4 Å². The van der Waals surface area contributed by atoms with Gasteiger partial charge in [-0.15, -0.1) is 0 Å². The summed E-state index contributed by atoms with van der Waals surface area (Å²) in [6, 6.07) is 18.4. The Morgan fingerprint density at radius 1 is 0.757 bits per heavy atom. The predicted molar refractivity (Wildman–Crippen MR) is 276 cm³/mol. The first-order chi connectivity index (χ1) is 35.6. The Kier molecular flexibility index (Phi) is 16.1. The summed E-state index contributed by atoms with van der Waals surface area (Å²) in [5.74, 6) is -1.69. The van der Waals surface area contributed by atoms with Crippen LogP contribution in [0, 0.1) is 11.7 Å². The summed E-state index contributed by atoms with van der Waals surface area (Å²) < 4.78 is 20.8. The fourth-order valence-corrected chi connectivity index (χ4v) is 11.1. The number of hydrogen-bond acceptors (Lipinski definition) is 10. The number of ether oxygens (including phenoxy) is 1. The summed E-state index contributed by atoms with van der Waals surface area (Å²) in [6.45, 7) is 9.58. The molecular formula is C56H70FN9O8. The second-order valence-electron chi connectivity index (χ2n) is 21.8. The van der Waals surface area contributed by atoms with Gasteiger partial charge in [0.15, 0.2) is 0 Å². The second kappa shape index (κ2) is 22.8. The Bertz CT molecular complexity index is 2790. The van der Waals surface area contributed by atoms with E-state index in [1.807, 2.05) is 65.8 Å². The molecule has 17 nitrogen and oxygen atoms in total. The highest BCUT2D eigenvalue weighted by atomic mass is 19.1. The quantitative estimate of drug-likeness (QED) is 0.172. The van der Waals surface area contributed by atoms with Crippen LogP contribution >= 0.6 is 0 Å². The molecule has 4 heterocycles. The molecule has 5 aliphatic rings. The molecule has 5 fully saturated rings. The monoisotopic (exact) mass is 1020 g/mol. The molecule has 3 aromatic carbocycles. The molecule has 2 atom stereocenters. The van der Waals surface area contributed by atoms with E-state index in [4.69, 9.17) is 4.74 Å². The van der Waals surface area contributed by atoms with E-state index in [1.54, 1.807) is 39.0 Å². The van der Waals surface area contributed by atoms with Crippen molar-refractivity contribution >= 4 is 46.4 Å². The number of rotatable bonds is 13. The maximum atomic E-state index is 15.2. The minimum absolute atomic E-state index is 0.00283. The number of piperidine rings is 1. The van der Waals surface area contributed by atoms with Crippen LogP contribution in [0.3, 0.4) is 0 Å². The van der Waals surface area contributed by atoms with Crippen LogP contribution in [0.5, 0.6) is 0 Å². The molecule has 0 bridgehead atoms. The van der Waals surface area contributed by atoms with E-state index in [1.165, 1.54) is 12.1 Å². The molecule has 74 heavy (non-hydrogen) atoms. The van der Waals surface area contributed by atoms with Crippen LogP contribution in [-0.4, -0.2) is 171 Å². The number of benzene rings is 3. The zero-order valence-electron chi connectivity index (χ0n) is 43.0. The topological polar surface area (TPSA) is 189 Å². The van der Waals surface area contributed by atoms with E-state index >= 15 is 4.39 Å². The van der Waals surface area contributed by atoms with Crippen molar-refractivity contribution in [2.24, 2.45) is 5.92 Å². The van der Waals surface area contributed by atoms with Gasteiger partial charge in [0.2, 0.25) is 17.7 Å². The summed E-state index contributed by atoms with van der Waals surface area (Å²) in [5.41, 5.74) is 1.67. The summed E-state index contributed by atoms with van der Waals surface area (Å²) in [6.07, 6.45) is 7.94. The number of nitrogens with one attached hydrogen (secondary N) is 2. The van der Waals surface area contributed by atoms with Crippen molar-refractivity contribution in [1.82, 2.24) is 44.9 Å². The molecule has 18 heteroatoms. The maximum absolute atomic E-state index is 15.2. The molecule has 2 N–H and O–H groups in total. The van der Waals surface area contributed by atoms with Crippen LogP contribution in [0.2, 0.25) is 0 Å². The molecule has 394 valence electrons. The number of fused-ring (bicyclic) bond motifs is 1. The van der Waals surface area contributed by atoms with Gasteiger partial charge in [0, 0.05) is 94.8 Å². The van der Waals surface area contributed by atoms with Crippen LogP contribution < -0.4 is 10.9 Å². The van der Waals surface area contributed by atoms with Crippen LogP contribution in [0.15, 0.2) is 71.5 Å². The van der Waals surface area contributed by atoms with E-state index in [9.17, 15) is 33.6 Å². The summed E-state index contributed by atoms with van der Waals surface area (Å²) in [4.78, 5) is 105. The molecule has 2 saturated carbocycles. The lowest BCUT2D eigenvalue weighted by Gasteiger charge is -2.40. The van der Waals surface area contributed by atoms with E-state index in [0.29, 0.717) is 80.0 Å². The van der Waals surface area contributed by atoms with Gasteiger partial charge in [-0.2, -0.15) is 5.10 Å². The van der Waals surface area contributed by atoms with Gasteiger partial charge in [-0.3, -0.25) is 38.6 Å². The van der Waals surface area contributed by atoms with Crippen molar-refractivity contribution < 1.29 is 37.9 Å². The third-order valence-corrected chi connectivity index (χ3v) is 15.4. The van der Waals surface area contributed by atoms with Crippen LogP contribution in [0.1, 0.15) is 122 Å². The van der Waals surface area contributed by atoms with Gasteiger partial charge in [-0.1, -0.05) is 55.7 Å². The third-order valence-electron chi connectivity index (χ3n) is 15.4. The fourth-order valence-electron chi connectivity index (χ4n) is 11.1. The first kappa shape index (κ1) is 52.2. The molecule has 9 rings (SSSR count). The molecule has 3 saturated heterocycles. The minimum atomic E-state index is -0.690. The lowest BCUT2D eigenvalue weighted by atomic mass is 9.83. The highest BCUT2D eigenvalue weighted by molar-refractivity contribution is 5.98. The van der Waals surface area contributed by atoms with Crippen molar-refractivity contribution in [3.63, 3.8) is 0 Å². The smallest absolute Gasteiger partial charge is 0.411 e. The number of aromatic nitrogens is 2. The molecule has 3 aliphatic heterocycles. The Morgan fingerprint density at radius 3 is 2.18 bits per heavy atom. The molecular weight excluding hydrogens is 946 g/mol. The SMILES string of the molecule is CC(C)(C)OC(=O)N(CC(=O)N1CCCC(c2cccc(C(=O)N[C@@H](C(=O)N3CCN(CC(=O)N4CCN(C(=O)c5cc(Cc6n[nH]c(=O)c7ccccc67)ccc5F)CC4)CC3)C3CCCCC3)c2)C1)C1CC1. The predicted octanol–water partition coefficient (Wildman–Crippen LogP) is 5.57. The van der Waals surface area contributed by atoms with Crippen molar-refractivity contribution in [3.05, 3.63) is 111 Å². The summed E-state index contributed by atoms with van der Waals surface area (Å²) >= 11 is 0. The van der Waals surface area contributed by atoms with Crippen molar-refractivity contribution in [2.45, 2.75) is 109 Å². The molecule has 0 spiro atoms. The van der Waals surface area contributed by atoms with Crippen LogP contribution in [-0.2, 0) is 25.5 Å². The number of carbonyl (C=O) groups is 6. The first-order valence-corrected chi connectivity index (χ1v) is 26.6. The Hall–Kier alpha value is -6.69. The number of piperazine rings is 2. The lowest BCUT2D eigenvalue weighted by Crippen LogP contribution is -2.58. The number of likely N-dealkylation sites (tertiary alicyclic amines) is 1. The lowest BCUT2D eigenvalue weighted by molar-refractivity contribution is -0.138. The number of H-pyrrole nitrogens is 1. The molecule has 0 radical (unpaired) electrons. The van der Waals surface area contributed by atoms with Crippen LogP contribution in [0.4, 0.5) is 9.18 Å². The van der Waals surface area contributed by atoms with Crippen molar-refractivity contribution in [2.75, 3.05) is 78.5 Å². The number of halogens is 1. The van der Waals surface area contributed by atoms with Crippen molar-refractivity contribution in [3.8, 4) is 0 Å². The van der Waals surface area contributed by atoms with Gasteiger partial charge in [0.05, 0.1) is 23.2 Å². The van der Waals surface area contributed by atoms with E-state index < -0.39 is 29.5 Å². The Balaban J connectivity index is 0.757. The van der Waals surface area contributed by atoms with Gasteiger partial charge in [-0.25, -0.2) is 14.3 Å². The van der Waals surface area contributed by atoms with Gasteiger partial charge in [-0.05, 0) is 107 Å². The van der Waals surface area contributed by atoms with E-state index in [0.717, 1.165) is 63.4 Å². The minimum Gasteiger partial charge on any atom is -0.444 e. The number of hydrogen-bond donors (Lipinski definition) is 2. The van der Waals surface area contributed by atoms with E-state index in [2.05, 4.69) is 15.5 Å². The molecule has 6 amide bonds. The van der Waals surface area contributed by atoms with E-state index in [-0.39, 0.29) is 85.2 Å². The average Bonchev–Trinajstić information content (AvgIpc) is 4.26. The van der Waals surface area contributed by atoms with Gasteiger partial charge < -0.3 is 29.7 Å². The standard InChI is InChI=1S/C56H70FN9O8/c1-56(2,3)74-55(73)66(42-19-20-42)36-49(68)65-22-10-15-41(34-65)39-13-9-14-40(33-39)51(69)58-50(38-11-5-4-6-12-38)54(72)64-25-23-61(24-26-64)35-48(67)62-27-29-63(30-28-62)53(71)45-31-37(18-21-46(45)57)32-47-43-16-7-8-17-44(43)52(70)60-59-47/h7-9,13-14,16-18,21,31,33,38,41-42,50H,4-6,10-12,15,19-20,22-30,32,34-36H2,1-3H3,(H,58,69)(H,60,70)/t41?,50-/m1/s1. The fraction of sp³-hybridized carbons (Fsp3) is 0.536. The second-order valence-corrected chi connectivity index (χ2v) is 21.8. The van der Waals surface area contributed by atoms with Gasteiger partial charge in [0.1, 0.15) is 24.0 Å². The highest BCUT2D eigenvalue weighted by Crippen LogP contribution is 2.32. The Labute approximate surface area is 431 Å². The highest BCUT2D eigenvalue weighted by Gasteiger charge is 2.39. The number of aromatic amines is 1. The number of carbonyl (C=O) groups excluding carboxylic acids is 6. The normalized spacial score (nSPS) is 19.5. The van der Waals surface area contributed by atoms with Crippen LogP contribution in [0.25, 0.3) is 10.8 Å².